The van der Waals surface area contributed by atoms with Crippen LogP contribution in [0.4, 0.5) is 0 Å². The molecule has 2 aromatic heterocycles. The average molecular weight is 215 g/mol. The van der Waals surface area contributed by atoms with Crippen LogP contribution >= 0.6 is 0 Å². The molecule has 0 aliphatic heterocycles. The molecule has 2 heterocycles. The Balaban J connectivity index is 2.52. The minimum absolute atomic E-state index is 0.0174. The monoisotopic (exact) mass is 215 g/mol. The molecule has 0 spiro atoms. The number of aryl methyl sites for hydroxylation is 2. The van der Waals surface area contributed by atoms with Crippen LogP contribution in [0.15, 0.2) is 24.7 Å². The van der Waals surface area contributed by atoms with Crippen molar-refractivity contribution in [3.63, 3.8) is 0 Å². The van der Waals surface area contributed by atoms with Crippen molar-refractivity contribution in [1.29, 1.82) is 0 Å². The fourth-order valence-corrected chi connectivity index (χ4v) is 1.63. The second-order valence-electron chi connectivity index (χ2n) is 3.79. The van der Waals surface area contributed by atoms with Crippen LogP contribution < -0.4 is 0 Å². The van der Waals surface area contributed by atoms with Gasteiger partial charge in [0, 0.05) is 18.0 Å². The fraction of sp³-hybridized carbons (Fsp3) is 0.250. The third-order valence-electron chi connectivity index (χ3n) is 2.41. The first-order valence-corrected chi connectivity index (χ1v) is 5.07. The highest BCUT2D eigenvalue weighted by atomic mass is 16.1. The molecule has 0 saturated heterocycles. The number of carbonyl (C=O) groups is 1. The number of rotatable bonds is 2. The van der Waals surface area contributed by atoms with Gasteiger partial charge in [0.25, 0.3) is 0 Å². The SMILES string of the molecule is CC(=O)c1cncc(-n2cc(C)nc2C)c1. The van der Waals surface area contributed by atoms with E-state index in [1.165, 1.54) is 6.92 Å². The zero-order valence-corrected chi connectivity index (χ0v) is 9.56. The third kappa shape index (κ3) is 1.86. The summed E-state index contributed by atoms with van der Waals surface area (Å²) in [5, 5.41) is 0. The number of hydrogen-bond donors (Lipinski definition) is 0. The summed E-state index contributed by atoms with van der Waals surface area (Å²) < 4.78 is 1.93. The lowest BCUT2D eigenvalue weighted by atomic mass is 10.2. The van der Waals surface area contributed by atoms with Crippen molar-refractivity contribution in [2.75, 3.05) is 0 Å². The van der Waals surface area contributed by atoms with Gasteiger partial charge >= 0.3 is 0 Å². The van der Waals surface area contributed by atoms with Crippen molar-refractivity contribution < 1.29 is 4.79 Å². The van der Waals surface area contributed by atoms with Gasteiger partial charge in [-0.05, 0) is 26.8 Å². The number of imidazole rings is 1. The molecule has 0 fully saturated rings. The first-order chi connectivity index (χ1) is 7.58. The second kappa shape index (κ2) is 3.89. The molecule has 0 N–H and O–H groups in total. The number of hydrogen-bond acceptors (Lipinski definition) is 3. The molecular weight excluding hydrogens is 202 g/mol. The predicted molar refractivity (Wildman–Crippen MR) is 60.8 cm³/mol. The van der Waals surface area contributed by atoms with E-state index in [-0.39, 0.29) is 5.78 Å². The van der Waals surface area contributed by atoms with Gasteiger partial charge in [0.05, 0.1) is 17.6 Å². The summed E-state index contributed by atoms with van der Waals surface area (Å²) in [6.45, 7) is 5.39. The molecule has 2 aromatic rings. The van der Waals surface area contributed by atoms with Crippen LogP contribution in [0.5, 0.6) is 0 Å². The molecule has 0 unspecified atom stereocenters. The summed E-state index contributed by atoms with van der Waals surface area (Å²) in [4.78, 5) is 19.6. The molecule has 2 rings (SSSR count). The molecule has 82 valence electrons. The van der Waals surface area contributed by atoms with Crippen LogP contribution in [-0.4, -0.2) is 20.3 Å². The van der Waals surface area contributed by atoms with E-state index in [1.54, 1.807) is 12.4 Å². The molecule has 0 atom stereocenters. The van der Waals surface area contributed by atoms with E-state index in [4.69, 9.17) is 0 Å². The highest BCUT2D eigenvalue weighted by Gasteiger charge is 2.06. The Labute approximate surface area is 94.0 Å². The van der Waals surface area contributed by atoms with Gasteiger partial charge in [-0.3, -0.25) is 9.78 Å². The Hall–Kier alpha value is -1.97. The first-order valence-electron chi connectivity index (χ1n) is 5.07. The number of aromatic nitrogens is 3. The number of carbonyl (C=O) groups excluding carboxylic acids is 1. The van der Waals surface area contributed by atoms with E-state index in [0.717, 1.165) is 17.2 Å². The number of pyridine rings is 1. The molecule has 0 radical (unpaired) electrons. The van der Waals surface area contributed by atoms with Gasteiger partial charge in [0.15, 0.2) is 5.78 Å². The highest BCUT2D eigenvalue weighted by molar-refractivity contribution is 5.94. The number of nitrogens with zero attached hydrogens (tertiary/aromatic N) is 3. The lowest BCUT2D eigenvalue weighted by molar-refractivity contribution is 0.101. The van der Waals surface area contributed by atoms with Crippen molar-refractivity contribution in [3.05, 3.63) is 41.7 Å². The molecule has 4 nitrogen and oxygen atoms in total. The minimum Gasteiger partial charge on any atom is -0.302 e. The Kier molecular flexibility index (Phi) is 2.56. The van der Waals surface area contributed by atoms with E-state index in [0.29, 0.717) is 5.56 Å². The van der Waals surface area contributed by atoms with E-state index < -0.39 is 0 Å². The highest BCUT2D eigenvalue weighted by Crippen LogP contribution is 2.12. The lowest BCUT2D eigenvalue weighted by Crippen LogP contribution is -2.00. The maximum atomic E-state index is 11.3. The van der Waals surface area contributed by atoms with E-state index in [1.807, 2.05) is 30.7 Å². The minimum atomic E-state index is 0.0174. The summed E-state index contributed by atoms with van der Waals surface area (Å²) in [5.74, 6) is 0.906. The van der Waals surface area contributed by atoms with Crippen LogP contribution in [0, 0.1) is 13.8 Å². The third-order valence-corrected chi connectivity index (χ3v) is 2.41. The molecule has 0 bridgehead atoms. The Morgan fingerprint density at radius 2 is 2.06 bits per heavy atom. The Bertz CT molecular complexity index is 543. The zero-order valence-electron chi connectivity index (χ0n) is 9.56. The van der Waals surface area contributed by atoms with Crippen LogP contribution in [0.25, 0.3) is 5.69 Å². The van der Waals surface area contributed by atoms with Crippen LogP contribution in [0.1, 0.15) is 28.8 Å². The molecular formula is C12H13N3O. The number of Topliss-reactive ketones (excluding diaryl/α,β-unsaturated/α-hetero) is 1. The van der Waals surface area contributed by atoms with Crippen LogP contribution in [-0.2, 0) is 0 Å². The molecule has 0 aliphatic carbocycles. The zero-order chi connectivity index (χ0) is 11.7. The van der Waals surface area contributed by atoms with Crippen molar-refractivity contribution in [2.45, 2.75) is 20.8 Å². The normalized spacial score (nSPS) is 10.4. The van der Waals surface area contributed by atoms with Crippen LogP contribution in [0.3, 0.4) is 0 Å². The van der Waals surface area contributed by atoms with Crippen molar-refractivity contribution in [2.24, 2.45) is 0 Å². The summed E-state index contributed by atoms with van der Waals surface area (Å²) >= 11 is 0. The van der Waals surface area contributed by atoms with Crippen molar-refractivity contribution in [3.8, 4) is 5.69 Å². The molecule has 0 amide bonds. The summed E-state index contributed by atoms with van der Waals surface area (Å²) in [6.07, 6.45) is 5.22. The smallest absolute Gasteiger partial charge is 0.161 e. The quantitative estimate of drug-likeness (QED) is 0.721. The number of ketones is 1. The molecule has 0 aromatic carbocycles. The van der Waals surface area contributed by atoms with Crippen molar-refractivity contribution in [1.82, 2.24) is 14.5 Å². The van der Waals surface area contributed by atoms with Gasteiger partial charge < -0.3 is 4.57 Å². The second-order valence-corrected chi connectivity index (χ2v) is 3.79. The van der Waals surface area contributed by atoms with Gasteiger partial charge in [0.2, 0.25) is 0 Å². The maximum absolute atomic E-state index is 11.3. The van der Waals surface area contributed by atoms with Crippen LogP contribution in [0.2, 0.25) is 0 Å². The van der Waals surface area contributed by atoms with Gasteiger partial charge in [-0.1, -0.05) is 0 Å². The van der Waals surface area contributed by atoms with Gasteiger partial charge in [-0.15, -0.1) is 0 Å². The summed E-state index contributed by atoms with van der Waals surface area (Å²) in [6, 6.07) is 1.82. The molecule has 0 saturated carbocycles. The van der Waals surface area contributed by atoms with E-state index in [9.17, 15) is 4.79 Å². The largest absolute Gasteiger partial charge is 0.302 e. The predicted octanol–water partition coefficient (Wildman–Crippen LogP) is 2.09. The maximum Gasteiger partial charge on any atom is 0.161 e. The first kappa shape index (κ1) is 10.5. The molecule has 0 aliphatic rings. The van der Waals surface area contributed by atoms with Gasteiger partial charge in [-0.25, -0.2) is 4.98 Å². The average Bonchev–Trinajstić information content (AvgIpc) is 2.58. The fourth-order valence-electron chi connectivity index (χ4n) is 1.63. The van der Waals surface area contributed by atoms with Gasteiger partial charge in [0.1, 0.15) is 5.82 Å². The topological polar surface area (TPSA) is 47.8 Å². The van der Waals surface area contributed by atoms with Crippen molar-refractivity contribution >= 4 is 5.78 Å². The standard InChI is InChI=1S/C12H13N3O/c1-8-7-15(10(3)14-8)12-4-11(9(2)16)5-13-6-12/h4-7H,1-3H3. The van der Waals surface area contributed by atoms with E-state index >= 15 is 0 Å². The molecule has 4 heteroatoms. The summed E-state index contributed by atoms with van der Waals surface area (Å²) in [5.41, 5.74) is 2.43. The molecule has 16 heavy (non-hydrogen) atoms. The van der Waals surface area contributed by atoms with Gasteiger partial charge in [-0.2, -0.15) is 0 Å². The summed E-state index contributed by atoms with van der Waals surface area (Å²) in [7, 11) is 0. The Morgan fingerprint density at radius 1 is 1.31 bits per heavy atom. The lowest BCUT2D eigenvalue weighted by Gasteiger charge is -2.05. The Morgan fingerprint density at radius 3 is 2.62 bits per heavy atom. The van der Waals surface area contributed by atoms with E-state index in [2.05, 4.69) is 9.97 Å².